The van der Waals surface area contributed by atoms with Gasteiger partial charge >= 0.3 is 5.97 Å². The molecule has 5 rings (SSSR count). The van der Waals surface area contributed by atoms with Crippen molar-refractivity contribution in [2.24, 2.45) is 23.2 Å². The van der Waals surface area contributed by atoms with E-state index in [9.17, 15) is 9.90 Å². The summed E-state index contributed by atoms with van der Waals surface area (Å²) < 4.78 is 5.14. The first-order valence-corrected chi connectivity index (χ1v) is 7.73. The Labute approximate surface area is 118 Å². The second kappa shape index (κ2) is 4.09. The molecule has 108 valence electrons. The maximum atomic E-state index is 11.4. The number of carbonyl (C=O) groups is 1. The van der Waals surface area contributed by atoms with Crippen molar-refractivity contribution in [1.82, 2.24) is 5.16 Å². The number of nitrogens with zero attached hydrogens (tertiary/aromatic N) is 1. The van der Waals surface area contributed by atoms with Crippen LogP contribution in [0.4, 0.5) is 0 Å². The van der Waals surface area contributed by atoms with Crippen LogP contribution in [0.1, 0.15) is 60.3 Å². The monoisotopic (exact) mass is 275 g/mol. The van der Waals surface area contributed by atoms with Gasteiger partial charge in [0, 0.05) is 0 Å². The van der Waals surface area contributed by atoms with Gasteiger partial charge in [-0.3, -0.25) is 0 Å². The average molecular weight is 275 g/mol. The van der Waals surface area contributed by atoms with E-state index in [1.807, 2.05) is 0 Å². The molecule has 4 bridgehead atoms. The van der Waals surface area contributed by atoms with Crippen molar-refractivity contribution in [3.63, 3.8) is 0 Å². The first-order valence-electron chi connectivity index (χ1n) is 7.73. The summed E-state index contributed by atoms with van der Waals surface area (Å²) in [6.07, 6.45) is 8.82. The van der Waals surface area contributed by atoms with Gasteiger partial charge in [-0.05, 0) is 75.0 Å². The SMILES string of the molecule is Cc1onc(CC23CC4CC(CC(C4)C2)C3)c1C(=O)O. The summed E-state index contributed by atoms with van der Waals surface area (Å²) in [7, 11) is 0. The fourth-order valence-corrected chi connectivity index (χ4v) is 5.67. The van der Waals surface area contributed by atoms with Crippen LogP contribution in [-0.4, -0.2) is 16.2 Å². The van der Waals surface area contributed by atoms with Gasteiger partial charge in [-0.15, -0.1) is 0 Å². The first-order chi connectivity index (χ1) is 9.55. The van der Waals surface area contributed by atoms with Crippen LogP contribution < -0.4 is 0 Å². The summed E-state index contributed by atoms with van der Waals surface area (Å²) in [5, 5.41) is 13.4. The minimum Gasteiger partial charge on any atom is -0.477 e. The highest BCUT2D eigenvalue weighted by molar-refractivity contribution is 5.89. The lowest BCUT2D eigenvalue weighted by molar-refractivity contribution is -0.0530. The third-order valence-corrected chi connectivity index (χ3v) is 5.85. The molecule has 4 aliphatic rings. The zero-order valence-electron chi connectivity index (χ0n) is 11.9. The predicted octanol–water partition coefficient (Wildman–Crippen LogP) is 3.44. The Morgan fingerprint density at radius 1 is 1.25 bits per heavy atom. The molecule has 0 radical (unpaired) electrons. The Balaban J connectivity index is 1.64. The molecule has 4 aliphatic carbocycles. The van der Waals surface area contributed by atoms with E-state index in [0.717, 1.165) is 24.2 Å². The molecule has 4 nitrogen and oxygen atoms in total. The van der Waals surface area contributed by atoms with Crippen LogP contribution in [0.2, 0.25) is 0 Å². The quantitative estimate of drug-likeness (QED) is 0.917. The molecule has 4 heteroatoms. The Morgan fingerprint density at radius 3 is 2.30 bits per heavy atom. The maximum absolute atomic E-state index is 11.4. The second-order valence-electron chi connectivity index (χ2n) is 7.46. The summed E-state index contributed by atoms with van der Waals surface area (Å²) in [4.78, 5) is 11.4. The number of aryl methyl sites for hydroxylation is 1. The van der Waals surface area contributed by atoms with E-state index in [1.54, 1.807) is 6.92 Å². The Hall–Kier alpha value is -1.32. The van der Waals surface area contributed by atoms with Gasteiger partial charge in [-0.25, -0.2) is 4.79 Å². The highest BCUT2D eigenvalue weighted by Gasteiger charge is 2.51. The van der Waals surface area contributed by atoms with E-state index >= 15 is 0 Å². The topological polar surface area (TPSA) is 63.3 Å². The lowest BCUT2D eigenvalue weighted by Gasteiger charge is -2.56. The minimum atomic E-state index is -0.900. The van der Waals surface area contributed by atoms with Gasteiger partial charge in [0.25, 0.3) is 0 Å². The normalized spacial score (nSPS) is 38.4. The smallest absolute Gasteiger partial charge is 0.341 e. The first kappa shape index (κ1) is 12.4. The molecule has 0 unspecified atom stereocenters. The van der Waals surface area contributed by atoms with Crippen LogP contribution in [0, 0.1) is 30.1 Å². The van der Waals surface area contributed by atoms with Crippen molar-refractivity contribution in [1.29, 1.82) is 0 Å². The second-order valence-corrected chi connectivity index (χ2v) is 7.46. The van der Waals surface area contributed by atoms with Crippen molar-refractivity contribution < 1.29 is 14.4 Å². The Bertz CT molecular complexity index is 525. The van der Waals surface area contributed by atoms with E-state index < -0.39 is 5.97 Å². The number of hydrogen-bond donors (Lipinski definition) is 1. The summed E-state index contributed by atoms with van der Waals surface area (Å²) in [5.41, 5.74) is 1.29. The summed E-state index contributed by atoms with van der Waals surface area (Å²) in [6, 6.07) is 0. The standard InChI is InChI=1S/C16H21NO3/c1-9-14(15(18)19)13(17-20-9)8-16-5-10-2-11(6-16)4-12(3-10)7-16/h10-12H,2-8H2,1H3,(H,18,19). The highest BCUT2D eigenvalue weighted by atomic mass is 16.5. The van der Waals surface area contributed by atoms with E-state index in [-0.39, 0.29) is 0 Å². The van der Waals surface area contributed by atoms with Gasteiger partial charge in [0.2, 0.25) is 0 Å². The lowest BCUT2D eigenvalue weighted by atomic mass is 9.48. The van der Waals surface area contributed by atoms with Gasteiger partial charge < -0.3 is 9.63 Å². The van der Waals surface area contributed by atoms with E-state index in [4.69, 9.17) is 4.52 Å². The van der Waals surface area contributed by atoms with Gasteiger partial charge in [0.15, 0.2) is 0 Å². The van der Waals surface area contributed by atoms with Crippen LogP contribution in [0.5, 0.6) is 0 Å². The van der Waals surface area contributed by atoms with Crippen LogP contribution >= 0.6 is 0 Å². The molecule has 0 spiro atoms. The predicted molar refractivity (Wildman–Crippen MR) is 72.5 cm³/mol. The number of carboxylic acids is 1. The highest BCUT2D eigenvalue weighted by Crippen LogP contribution is 2.61. The molecule has 0 amide bonds. The average Bonchev–Trinajstić information content (AvgIpc) is 2.67. The Kier molecular flexibility index (Phi) is 2.54. The molecule has 0 atom stereocenters. The lowest BCUT2D eigenvalue weighted by Crippen LogP contribution is -2.47. The molecule has 0 saturated heterocycles. The van der Waals surface area contributed by atoms with E-state index in [0.29, 0.717) is 22.4 Å². The van der Waals surface area contributed by atoms with Crippen LogP contribution in [-0.2, 0) is 6.42 Å². The molecular formula is C16H21NO3. The van der Waals surface area contributed by atoms with Crippen molar-refractivity contribution in [2.45, 2.75) is 51.9 Å². The summed E-state index contributed by atoms with van der Waals surface area (Å²) >= 11 is 0. The van der Waals surface area contributed by atoms with Crippen LogP contribution in [0.3, 0.4) is 0 Å². The molecule has 1 heterocycles. The number of carboxylic acid groups (broad SMARTS) is 1. The Morgan fingerprint density at radius 2 is 1.80 bits per heavy atom. The third kappa shape index (κ3) is 1.80. The number of rotatable bonds is 3. The molecule has 1 aromatic heterocycles. The number of aromatic carboxylic acids is 1. The summed E-state index contributed by atoms with van der Waals surface area (Å²) in [5.74, 6) is 2.17. The zero-order chi connectivity index (χ0) is 13.9. The number of hydrogen-bond acceptors (Lipinski definition) is 3. The fourth-order valence-electron chi connectivity index (χ4n) is 5.67. The molecule has 0 aromatic carbocycles. The zero-order valence-corrected chi connectivity index (χ0v) is 11.9. The van der Waals surface area contributed by atoms with Crippen molar-refractivity contribution in [2.75, 3.05) is 0 Å². The van der Waals surface area contributed by atoms with Crippen LogP contribution in [0.25, 0.3) is 0 Å². The minimum absolute atomic E-state index is 0.306. The molecule has 1 N–H and O–H groups in total. The van der Waals surface area contributed by atoms with Crippen molar-refractivity contribution in [3.8, 4) is 0 Å². The number of aromatic nitrogens is 1. The fraction of sp³-hybridized carbons (Fsp3) is 0.750. The van der Waals surface area contributed by atoms with Gasteiger partial charge in [0.05, 0.1) is 5.69 Å². The molecule has 20 heavy (non-hydrogen) atoms. The van der Waals surface area contributed by atoms with Gasteiger partial charge in [-0.2, -0.15) is 0 Å². The molecule has 4 fully saturated rings. The van der Waals surface area contributed by atoms with E-state index in [2.05, 4.69) is 5.16 Å². The largest absolute Gasteiger partial charge is 0.477 e. The van der Waals surface area contributed by atoms with Gasteiger partial charge in [-0.1, -0.05) is 5.16 Å². The summed E-state index contributed by atoms with van der Waals surface area (Å²) in [6.45, 7) is 1.69. The molecule has 1 aromatic rings. The molecule has 0 aliphatic heterocycles. The van der Waals surface area contributed by atoms with Crippen LogP contribution in [0.15, 0.2) is 4.52 Å². The molecular weight excluding hydrogens is 254 g/mol. The van der Waals surface area contributed by atoms with Crippen molar-refractivity contribution >= 4 is 5.97 Å². The van der Waals surface area contributed by atoms with E-state index in [1.165, 1.54) is 38.5 Å². The van der Waals surface area contributed by atoms with Crippen molar-refractivity contribution in [3.05, 3.63) is 17.0 Å². The maximum Gasteiger partial charge on any atom is 0.341 e. The third-order valence-electron chi connectivity index (χ3n) is 5.85. The molecule has 4 saturated carbocycles. The van der Waals surface area contributed by atoms with Gasteiger partial charge in [0.1, 0.15) is 11.3 Å².